The monoisotopic (exact) mass is 344 g/mol. The van der Waals surface area contributed by atoms with Gasteiger partial charge in [0.05, 0.1) is 17.5 Å². The first kappa shape index (κ1) is 16.3. The Balaban J connectivity index is 1.47. The highest BCUT2D eigenvalue weighted by atomic mass is 32.1. The van der Waals surface area contributed by atoms with Crippen LogP contribution in [0.1, 0.15) is 26.7 Å². The third kappa shape index (κ3) is 4.48. The number of benzene rings is 1. The van der Waals surface area contributed by atoms with Gasteiger partial charge >= 0.3 is 0 Å². The SMILES string of the molecule is O=C(NCCCn1ccnc1)c1cnc(Cc2ccc(F)cc2)s1. The molecular weight excluding hydrogens is 327 g/mol. The second-order valence-corrected chi connectivity index (χ2v) is 6.45. The lowest BCUT2D eigenvalue weighted by Crippen LogP contribution is -2.24. The number of nitrogens with one attached hydrogen (secondary N) is 1. The van der Waals surface area contributed by atoms with Crippen molar-refractivity contribution < 1.29 is 9.18 Å². The summed E-state index contributed by atoms with van der Waals surface area (Å²) in [5, 5.41) is 3.73. The number of aromatic nitrogens is 3. The number of aryl methyl sites for hydroxylation is 1. The van der Waals surface area contributed by atoms with Gasteiger partial charge in [-0.3, -0.25) is 4.79 Å². The number of carbonyl (C=O) groups is 1. The first-order chi connectivity index (χ1) is 11.7. The van der Waals surface area contributed by atoms with E-state index in [0.717, 1.165) is 23.5 Å². The molecule has 0 radical (unpaired) electrons. The molecule has 3 rings (SSSR count). The van der Waals surface area contributed by atoms with E-state index < -0.39 is 0 Å². The zero-order valence-electron chi connectivity index (χ0n) is 13.0. The molecule has 0 atom stereocenters. The molecule has 2 aromatic heterocycles. The summed E-state index contributed by atoms with van der Waals surface area (Å²) in [6.45, 7) is 1.42. The Labute approximate surface area is 143 Å². The van der Waals surface area contributed by atoms with Crippen molar-refractivity contribution >= 4 is 17.2 Å². The topological polar surface area (TPSA) is 59.8 Å². The summed E-state index contributed by atoms with van der Waals surface area (Å²) in [5.41, 5.74) is 0.970. The van der Waals surface area contributed by atoms with Crippen LogP contribution in [0.2, 0.25) is 0 Å². The molecule has 0 aliphatic heterocycles. The summed E-state index contributed by atoms with van der Waals surface area (Å²) in [6, 6.07) is 6.31. The highest BCUT2D eigenvalue weighted by Crippen LogP contribution is 2.17. The van der Waals surface area contributed by atoms with Gasteiger partial charge in [-0.05, 0) is 24.1 Å². The second-order valence-electron chi connectivity index (χ2n) is 5.33. The van der Waals surface area contributed by atoms with E-state index in [4.69, 9.17) is 0 Å². The molecule has 7 heteroatoms. The Morgan fingerprint density at radius 2 is 2.12 bits per heavy atom. The summed E-state index contributed by atoms with van der Waals surface area (Å²) >= 11 is 1.36. The standard InChI is InChI=1S/C17H17FN4OS/c18-14-4-2-13(3-5-14)10-16-21-11-15(24-16)17(23)20-6-1-8-22-9-7-19-12-22/h2-5,7,9,11-12H,1,6,8,10H2,(H,20,23). The van der Waals surface area contributed by atoms with Crippen molar-refractivity contribution in [2.24, 2.45) is 0 Å². The maximum atomic E-state index is 12.9. The fourth-order valence-electron chi connectivity index (χ4n) is 2.24. The summed E-state index contributed by atoms with van der Waals surface area (Å²) < 4.78 is 14.9. The number of thiazole rings is 1. The van der Waals surface area contributed by atoms with Gasteiger partial charge in [-0.1, -0.05) is 12.1 Å². The molecule has 0 fully saturated rings. The molecule has 1 aromatic carbocycles. The Bertz CT molecular complexity index is 783. The molecule has 5 nitrogen and oxygen atoms in total. The van der Waals surface area contributed by atoms with Gasteiger partial charge < -0.3 is 9.88 Å². The van der Waals surface area contributed by atoms with Gasteiger partial charge in [-0.15, -0.1) is 11.3 Å². The fourth-order valence-corrected chi connectivity index (χ4v) is 3.11. The molecule has 0 saturated heterocycles. The van der Waals surface area contributed by atoms with Crippen LogP contribution >= 0.6 is 11.3 Å². The van der Waals surface area contributed by atoms with Crippen molar-refractivity contribution in [3.05, 3.63) is 70.4 Å². The normalized spacial score (nSPS) is 10.7. The minimum atomic E-state index is -0.256. The Hall–Kier alpha value is -2.54. The van der Waals surface area contributed by atoms with Crippen molar-refractivity contribution in [3.63, 3.8) is 0 Å². The predicted octanol–water partition coefficient (Wildman–Crippen LogP) is 2.89. The number of halogens is 1. The molecule has 0 saturated carbocycles. The molecule has 0 aliphatic rings. The Kier molecular flexibility index (Phi) is 5.32. The van der Waals surface area contributed by atoms with E-state index in [1.165, 1.54) is 23.5 Å². The minimum absolute atomic E-state index is 0.108. The molecule has 2 heterocycles. The maximum Gasteiger partial charge on any atom is 0.263 e. The third-order valence-corrected chi connectivity index (χ3v) is 4.48. The lowest BCUT2D eigenvalue weighted by atomic mass is 10.2. The Morgan fingerprint density at radius 3 is 2.88 bits per heavy atom. The number of nitrogens with zero attached hydrogens (tertiary/aromatic N) is 3. The van der Waals surface area contributed by atoms with Crippen molar-refractivity contribution in [1.82, 2.24) is 19.9 Å². The van der Waals surface area contributed by atoms with Crippen molar-refractivity contribution in [3.8, 4) is 0 Å². The van der Waals surface area contributed by atoms with Crippen LogP contribution in [0.25, 0.3) is 0 Å². The summed E-state index contributed by atoms with van der Waals surface area (Å²) in [4.78, 5) is 20.9. The number of carbonyl (C=O) groups excluding carboxylic acids is 1. The van der Waals surface area contributed by atoms with Crippen LogP contribution in [-0.4, -0.2) is 27.0 Å². The van der Waals surface area contributed by atoms with Gasteiger partial charge in [0.1, 0.15) is 10.7 Å². The molecular formula is C17H17FN4OS. The molecule has 0 bridgehead atoms. The lowest BCUT2D eigenvalue weighted by molar-refractivity contribution is 0.0956. The maximum absolute atomic E-state index is 12.9. The van der Waals surface area contributed by atoms with Crippen LogP contribution in [0.4, 0.5) is 4.39 Å². The van der Waals surface area contributed by atoms with E-state index in [-0.39, 0.29) is 11.7 Å². The molecule has 24 heavy (non-hydrogen) atoms. The van der Waals surface area contributed by atoms with Crippen molar-refractivity contribution in [2.75, 3.05) is 6.54 Å². The number of hydrogen-bond donors (Lipinski definition) is 1. The molecule has 0 spiro atoms. The Morgan fingerprint density at radius 1 is 1.29 bits per heavy atom. The minimum Gasteiger partial charge on any atom is -0.351 e. The zero-order valence-corrected chi connectivity index (χ0v) is 13.8. The quantitative estimate of drug-likeness (QED) is 0.671. The van der Waals surface area contributed by atoms with Gasteiger partial charge in [0.15, 0.2) is 0 Å². The first-order valence-electron chi connectivity index (χ1n) is 7.64. The molecule has 1 amide bonds. The van der Waals surface area contributed by atoms with Crippen LogP contribution in [0, 0.1) is 5.82 Å². The summed E-state index contributed by atoms with van der Waals surface area (Å²) in [7, 11) is 0. The van der Waals surface area contributed by atoms with E-state index in [1.54, 1.807) is 30.9 Å². The molecule has 3 aromatic rings. The molecule has 1 N–H and O–H groups in total. The van der Waals surface area contributed by atoms with Crippen LogP contribution in [0.3, 0.4) is 0 Å². The number of hydrogen-bond acceptors (Lipinski definition) is 4. The van der Waals surface area contributed by atoms with Gasteiger partial charge in [0.2, 0.25) is 0 Å². The van der Waals surface area contributed by atoms with Gasteiger partial charge in [-0.25, -0.2) is 14.4 Å². The zero-order chi connectivity index (χ0) is 16.8. The number of amides is 1. The van der Waals surface area contributed by atoms with E-state index >= 15 is 0 Å². The molecule has 124 valence electrons. The van der Waals surface area contributed by atoms with E-state index in [9.17, 15) is 9.18 Å². The third-order valence-electron chi connectivity index (χ3n) is 3.48. The van der Waals surface area contributed by atoms with Crippen molar-refractivity contribution in [1.29, 1.82) is 0 Å². The largest absolute Gasteiger partial charge is 0.351 e. The van der Waals surface area contributed by atoms with E-state index in [0.29, 0.717) is 17.8 Å². The van der Waals surface area contributed by atoms with E-state index in [2.05, 4.69) is 15.3 Å². The lowest BCUT2D eigenvalue weighted by Gasteiger charge is -2.04. The van der Waals surface area contributed by atoms with Gasteiger partial charge in [0.25, 0.3) is 5.91 Å². The summed E-state index contributed by atoms with van der Waals surface area (Å²) in [6.07, 6.45) is 8.41. The first-order valence-corrected chi connectivity index (χ1v) is 8.45. The smallest absolute Gasteiger partial charge is 0.263 e. The summed E-state index contributed by atoms with van der Waals surface area (Å²) in [5.74, 6) is -0.364. The fraction of sp³-hybridized carbons (Fsp3) is 0.235. The highest BCUT2D eigenvalue weighted by molar-refractivity contribution is 7.13. The van der Waals surface area contributed by atoms with Crippen LogP contribution in [-0.2, 0) is 13.0 Å². The second kappa shape index (κ2) is 7.83. The molecule has 0 unspecified atom stereocenters. The van der Waals surface area contributed by atoms with Gasteiger partial charge in [0, 0.05) is 31.9 Å². The number of imidazole rings is 1. The van der Waals surface area contributed by atoms with E-state index in [1.807, 2.05) is 10.8 Å². The van der Waals surface area contributed by atoms with Crippen LogP contribution in [0.5, 0.6) is 0 Å². The predicted molar refractivity (Wildman–Crippen MR) is 90.5 cm³/mol. The number of rotatable bonds is 7. The van der Waals surface area contributed by atoms with Crippen molar-refractivity contribution in [2.45, 2.75) is 19.4 Å². The average Bonchev–Trinajstić information content (AvgIpc) is 3.25. The highest BCUT2D eigenvalue weighted by Gasteiger charge is 2.10. The van der Waals surface area contributed by atoms with Crippen LogP contribution < -0.4 is 5.32 Å². The molecule has 0 aliphatic carbocycles. The van der Waals surface area contributed by atoms with Crippen LogP contribution in [0.15, 0.2) is 49.2 Å². The average molecular weight is 344 g/mol. The van der Waals surface area contributed by atoms with Gasteiger partial charge in [-0.2, -0.15) is 0 Å².